The van der Waals surface area contributed by atoms with E-state index in [1.165, 1.54) is 0 Å². The minimum atomic E-state index is 0. The third kappa shape index (κ3) is 478. The van der Waals surface area contributed by atoms with E-state index < -0.39 is 0 Å². The molecule has 10 heteroatoms. The number of hydrogen-bond acceptors (Lipinski definition) is 6. The molecule has 77 valence electrons. The zero-order valence-electron chi connectivity index (χ0n) is 7.84. The second-order valence-electron chi connectivity index (χ2n) is 0.149. The molecule has 0 amide bonds. The zero-order valence-corrected chi connectivity index (χ0v) is 16.4. The van der Waals surface area contributed by atoms with Gasteiger partial charge in [-0.1, -0.05) is 0 Å². The van der Waals surface area contributed by atoms with Crippen molar-refractivity contribution in [2.24, 2.45) is 10.7 Å². The van der Waals surface area contributed by atoms with Gasteiger partial charge in [-0.05, 0) is 0 Å². The topological polar surface area (TPSA) is 138 Å². The predicted octanol–water partition coefficient (Wildman–Crippen LogP) is 2.56. The predicted molar refractivity (Wildman–Crippen MR) is 42.9 cm³/mol. The molecule has 0 spiro atoms. The van der Waals surface area contributed by atoms with Crippen molar-refractivity contribution in [3.05, 3.63) is 48.7 Å². The van der Waals surface area contributed by atoms with Crippen molar-refractivity contribution in [2.45, 2.75) is 0 Å². The summed E-state index contributed by atoms with van der Waals surface area (Å²) in [6, 6.07) is 0. The van der Waals surface area contributed by atoms with Gasteiger partial charge < -0.3 is 48.7 Å². The third-order valence-corrected chi connectivity index (χ3v) is 0. The first-order valence-electron chi connectivity index (χ1n) is 0.730. The maximum absolute atomic E-state index is 8.00. The summed E-state index contributed by atoms with van der Waals surface area (Å²) >= 11 is 0. The molecule has 0 aliphatic rings. The van der Waals surface area contributed by atoms with Crippen molar-refractivity contribution in [1.29, 1.82) is 0 Å². The van der Waals surface area contributed by atoms with Gasteiger partial charge in [0, 0.05) is 98.1 Å². The molecule has 0 saturated heterocycles. The standard InChI is InChI=1S/3CH3.2HNO2.H2N.3Y/c;;;2*2-1-3;;;;/h3*1H3;2*(H,2,3);1H2;;;/q3*-1;;;-1;;;/p-2. The number of nitrogens with two attached hydrogens (primary N) is 1. The van der Waals surface area contributed by atoms with Crippen LogP contribution in [0.25, 0.3) is 6.15 Å². The van der Waals surface area contributed by atoms with E-state index >= 15 is 0 Å². The molecular weight excluding hydrogens is 409 g/mol. The van der Waals surface area contributed by atoms with E-state index in [4.69, 9.17) is 20.2 Å². The first kappa shape index (κ1) is 81.0. The van der Waals surface area contributed by atoms with Gasteiger partial charge in [-0.15, -0.1) is 10.7 Å². The first-order valence-corrected chi connectivity index (χ1v) is 0.730. The van der Waals surface area contributed by atoms with E-state index in [9.17, 15) is 0 Å². The summed E-state index contributed by atoms with van der Waals surface area (Å²) in [5.41, 5.74) is 0. The van der Waals surface area contributed by atoms with Crippen LogP contribution in [0, 0.1) is 42.5 Å². The van der Waals surface area contributed by atoms with E-state index in [1.807, 2.05) is 0 Å². The number of nitrogens with zero attached hydrogens (tertiary/aromatic N) is 2. The van der Waals surface area contributed by atoms with Crippen molar-refractivity contribution in [3.63, 3.8) is 0 Å². The Balaban J connectivity index is -0.00000000229. The molecule has 0 saturated carbocycles. The molecule has 7 nitrogen and oxygen atoms in total. The Morgan fingerprint density at radius 3 is 0.692 bits per heavy atom. The molecule has 0 fully saturated rings. The van der Waals surface area contributed by atoms with Gasteiger partial charge in [-0.2, -0.15) is 0 Å². The van der Waals surface area contributed by atoms with Crippen LogP contribution in [0.3, 0.4) is 0 Å². The summed E-state index contributed by atoms with van der Waals surface area (Å²) in [5, 5.41) is 18.0. The van der Waals surface area contributed by atoms with Crippen LogP contribution in [0.4, 0.5) is 0 Å². The average Bonchev–Trinajstić information content (AvgIpc) is 1.39. The Hall–Kier alpha value is 2.07. The molecule has 0 aromatic rings. The molecule has 0 aliphatic heterocycles. The van der Waals surface area contributed by atoms with Gasteiger partial charge in [0.25, 0.3) is 0 Å². The monoisotopic (exact) mass is 420 g/mol. The van der Waals surface area contributed by atoms with Crippen molar-refractivity contribution in [2.75, 3.05) is 0 Å². The van der Waals surface area contributed by atoms with Gasteiger partial charge in [0.15, 0.2) is 0 Å². The van der Waals surface area contributed by atoms with Crippen LogP contribution < -0.4 is 0 Å². The third-order valence-electron chi connectivity index (χ3n) is 0. The number of rotatable bonds is 0. The minimum Gasteiger partial charge on any atom is -0.693 e. The maximum Gasteiger partial charge on any atom is 0 e. The smallest absolute Gasteiger partial charge is 0 e. The quantitative estimate of drug-likeness (QED) is 0.338. The van der Waals surface area contributed by atoms with Gasteiger partial charge in [0.05, 0.1) is 0 Å². The van der Waals surface area contributed by atoms with Crippen LogP contribution in [0.2, 0.25) is 0 Å². The van der Waals surface area contributed by atoms with Gasteiger partial charge in [0.2, 0.25) is 0 Å². The fourth-order valence-corrected chi connectivity index (χ4v) is 0. The summed E-state index contributed by atoms with van der Waals surface area (Å²) in [6.45, 7) is 0. The molecule has 0 bridgehead atoms. The van der Waals surface area contributed by atoms with Crippen molar-refractivity contribution in [1.82, 2.24) is 0 Å². The molecule has 13 heavy (non-hydrogen) atoms. The number of hydrogen-bond donors (Lipinski definition) is 0. The van der Waals surface area contributed by atoms with E-state index in [0.29, 0.717) is 0 Å². The fraction of sp³-hybridized carbons (Fsp3) is 0. The molecule has 0 unspecified atom stereocenters. The molecular formula is C3H11N3O4Y3-6. The Morgan fingerprint density at radius 1 is 0.692 bits per heavy atom. The van der Waals surface area contributed by atoms with Crippen LogP contribution in [-0.2, 0) is 98.1 Å². The van der Waals surface area contributed by atoms with Crippen LogP contribution >= 0.6 is 0 Å². The Bertz CT molecular complexity index is 46.9. The van der Waals surface area contributed by atoms with E-state index in [-0.39, 0.29) is 127 Å². The van der Waals surface area contributed by atoms with E-state index in [0.717, 1.165) is 10.7 Å². The van der Waals surface area contributed by atoms with Crippen LogP contribution in [-0.4, -0.2) is 0 Å². The second-order valence-corrected chi connectivity index (χ2v) is 0.149. The fourth-order valence-electron chi connectivity index (χ4n) is 0. The molecule has 3 radical (unpaired) electrons. The zero-order chi connectivity index (χ0) is 5.41. The van der Waals surface area contributed by atoms with Crippen LogP contribution in [0.15, 0.2) is 10.7 Å². The molecule has 0 aliphatic carbocycles. The van der Waals surface area contributed by atoms with Gasteiger partial charge >= 0.3 is 0 Å². The Labute approximate surface area is 155 Å². The average molecular weight is 420 g/mol. The van der Waals surface area contributed by atoms with E-state index in [2.05, 4.69) is 0 Å². The van der Waals surface area contributed by atoms with Crippen molar-refractivity contribution in [3.8, 4) is 0 Å². The summed E-state index contributed by atoms with van der Waals surface area (Å²) in [4.78, 5) is 16.0. The van der Waals surface area contributed by atoms with Gasteiger partial charge in [0.1, 0.15) is 0 Å². The summed E-state index contributed by atoms with van der Waals surface area (Å²) < 4.78 is 0. The molecule has 0 heterocycles. The molecule has 0 rings (SSSR count). The van der Waals surface area contributed by atoms with Crippen LogP contribution in [0.5, 0.6) is 0 Å². The molecule has 0 atom stereocenters. The minimum absolute atomic E-state index is 0. The molecule has 0 aromatic heterocycles. The SMILES string of the molecule is O=N[O-].O=N[O-].[CH3-].[CH3-].[CH3-].[NH2-].[Y].[Y].[Y]. The molecule has 0 aromatic carbocycles. The Kier molecular flexibility index (Phi) is 903. The second kappa shape index (κ2) is 145. The van der Waals surface area contributed by atoms with Crippen molar-refractivity contribution >= 4 is 0 Å². The first-order chi connectivity index (χ1) is 2.83. The summed E-state index contributed by atoms with van der Waals surface area (Å²) in [5.74, 6) is 0. The molecule has 2 N–H and O–H groups in total. The maximum atomic E-state index is 8.00. The normalized spacial score (nSPS) is 1.85. The van der Waals surface area contributed by atoms with Crippen molar-refractivity contribution < 1.29 is 98.1 Å². The summed E-state index contributed by atoms with van der Waals surface area (Å²) in [7, 11) is 0. The van der Waals surface area contributed by atoms with Crippen LogP contribution in [0.1, 0.15) is 0 Å². The summed E-state index contributed by atoms with van der Waals surface area (Å²) in [6.07, 6.45) is 0. The Morgan fingerprint density at radius 2 is 0.692 bits per heavy atom. The van der Waals surface area contributed by atoms with E-state index in [1.54, 1.807) is 0 Å². The van der Waals surface area contributed by atoms with Gasteiger partial charge in [-0.3, -0.25) is 0 Å². The largest absolute Gasteiger partial charge is 0.693 e. The van der Waals surface area contributed by atoms with Gasteiger partial charge in [-0.25, -0.2) is 0 Å².